The Hall–Kier alpha value is -0.120. The highest BCUT2D eigenvalue weighted by molar-refractivity contribution is 4.62. The van der Waals surface area contributed by atoms with Gasteiger partial charge in [-0.2, -0.15) is 0 Å². The summed E-state index contributed by atoms with van der Waals surface area (Å²) in [5.41, 5.74) is 0. The van der Waals surface area contributed by atoms with E-state index in [2.05, 4.69) is 6.92 Å². The minimum atomic E-state index is -0.265. The topological polar surface area (TPSA) is 38.7 Å². The summed E-state index contributed by atoms with van der Waals surface area (Å²) in [6, 6.07) is 0. The first-order valence-electron chi connectivity index (χ1n) is 15.7. The zero-order valence-corrected chi connectivity index (χ0v) is 23.2. The first kappa shape index (κ1) is 31.9. The third-order valence-electron chi connectivity index (χ3n) is 7.54. The molecule has 204 valence electrons. The third kappa shape index (κ3) is 22.4. The second-order valence-corrected chi connectivity index (χ2v) is 11.0. The lowest BCUT2D eigenvalue weighted by Crippen LogP contribution is -2.17. The summed E-state index contributed by atoms with van der Waals surface area (Å²) < 4.78 is 11.9. The molecular formula is C31H62O3. The summed E-state index contributed by atoms with van der Waals surface area (Å²) >= 11 is 0. The molecule has 0 bridgehead atoms. The molecule has 0 aromatic carbocycles. The average Bonchev–Trinajstić information content (AvgIpc) is 2.84. The van der Waals surface area contributed by atoms with Gasteiger partial charge in [0.2, 0.25) is 0 Å². The van der Waals surface area contributed by atoms with E-state index >= 15 is 0 Å². The van der Waals surface area contributed by atoms with Crippen LogP contribution in [-0.4, -0.2) is 37.1 Å². The average molecular weight is 483 g/mol. The van der Waals surface area contributed by atoms with Gasteiger partial charge in [0.1, 0.15) is 0 Å². The number of ether oxygens (including phenoxy) is 2. The molecule has 1 fully saturated rings. The van der Waals surface area contributed by atoms with Crippen LogP contribution in [0.4, 0.5) is 0 Å². The van der Waals surface area contributed by atoms with Crippen molar-refractivity contribution in [2.45, 2.75) is 180 Å². The smallest absolute Gasteiger partial charge is 0.0773 e. The third-order valence-corrected chi connectivity index (χ3v) is 7.54. The molecule has 0 aromatic heterocycles. The zero-order chi connectivity index (χ0) is 24.4. The molecule has 0 saturated carbocycles. The summed E-state index contributed by atoms with van der Waals surface area (Å²) in [6.45, 7) is 4.54. The van der Waals surface area contributed by atoms with Crippen LogP contribution in [0.1, 0.15) is 167 Å². The monoisotopic (exact) mass is 482 g/mol. The molecule has 2 atom stereocenters. The van der Waals surface area contributed by atoms with Crippen LogP contribution in [0, 0.1) is 0 Å². The van der Waals surface area contributed by atoms with Crippen LogP contribution in [-0.2, 0) is 9.47 Å². The molecule has 0 radical (unpaired) electrons. The number of aliphatic hydroxyl groups is 1. The van der Waals surface area contributed by atoms with Crippen molar-refractivity contribution in [1.82, 2.24) is 0 Å². The fourth-order valence-corrected chi connectivity index (χ4v) is 5.20. The fourth-order valence-electron chi connectivity index (χ4n) is 5.20. The highest BCUT2D eigenvalue weighted by Gasteiger charge is 2.11. The van der Waals surface area contributed by atoms with Gasteiger partial charge in [-0.1, -0.05) is 129 Å². The van der Waals surface area contributed by atoms with Gasteiger partial charge in [0.25, 0.3) is 0 Å². The molecule has 0 spiro atoms. The van der Waals surface area contributed by atoms with Gasteiger partial charge in [-0.15, -0.1) is 0 Å². The standard InChI is InChI=1S/C31H62O3/c1-2-3-4-5-6-7-8-9-10-11-12-13-14-15-18-22-28-34-31-25-20-17-16-19-24-30(32)29-33-27-23-21-26-31/h30-32H,2-29H2,1H3. The van der Waals surface area contributed by atoms with E-state index in [1.807, 2.05) is 0 Å². The first-order chi connectivity index (χ1) is 16.8. The molecule has 1 saturated heterocycles. The van der Waals surface area contributed by atoms with Gasteiger partial charge in [-0.25, -0.2) is 0 Å². The van der Waals surface area contributed by atoms with Crippen LogP contribution in [0.15, 0.2) is 0 Å². The number of rotatable bonds is 18. The van der Waals surface area contributed by atoms with Gasteiger partial charge in [-0.3, -0.25) is 0 Å². The number of hydrogen-bond acceptors (Lipinski definition) is 3. The number of aliphatic hydroxyl groups excluding tert-OH is 1. The minimum Gasteiger partial charge on any atom is -0.391 e. The summed E-state index contributed by atoms with van der Waals surface area (Å²) in [5, 5.41) is 9.89. The van der Waals surface area contributed by atoms with Crippen LogP contribution in [0.5, 0.6) is 0 Å². The van der Waals surface area contributed by atoms with Gasteiger partial charge >= 0.3 is 0 Å². The van der Waals surface area contributed by atoms with Gasteiger partial charge < -0.3 is 14.6 Å². The van der Waals surface area contributed by atoms with E-state index in [4.69, 9.17) is 9.47 Å². The zero-order valence-electron chi connectivity index (χ0n) is 23.2. The van der Waals surface area contributed by atoms with Crippen LogP contribution in [0.25, 0.3) is 0 Å². The molecule has 1 N–H and O–H groups in total. The van der Waals surface area contributed by atoms with Gasteiger partial charge in [0.05, 0.1) is 18.8 Å². The fraction of sp³-hybridized carbons (Fsp3) is 1.00. The Morgan fingerprint density at radius 3 is 1.62 bits per heavy atom. The Kier molecular flexibility index (Phi) is 24.4. The highest BCUT2D eigenvalue weighted by atomic mass is 16.5. The lowest BCUT2D eigenvalue weighted by Gasteiger charge is -2.19. The second kappa shape index (κ2) is 26.0. The SMILES string of the molecule is CCCCCCCCCCCCCCCCCCOC1CCCCCCC(O)COCCCC1. The molecule has 0 amide bonds. The molecular weight excluding hydrogens is 420 g/mol. The van der Waals surface area contributed by atoms with Crippen molar-refractivity contribution >= 4 is 0 Å². The van der Waals surface area contributed by atoms with E-state index in [0.29, 0.717) is 12.7 Å². The Morgan fingerprint density at radius 1 is 0.588 bits per heavy atom. The van der Waals surface area contributed by atoms with E-state index in [1.54, 1.807) is 0 Å². The van der Waals surface area contributed by atoms with Crippen LogP contribution in [0.3, 0.4) is 0 Å². The quantitative estimate of drug-likeness (QED) is 0.198. The summed E-state index contributed by atoms with van der Waals surface area (Å²) in [4.78, 5) is 0. The van der Waals surface area contributed by atoms with E-state index < -0.39 is 0 Å². The van der Waals surface area contributed by atoms with Crippen molar-refractivity contribution in [2.24, 2.45) is 0 Å². The van der Waals surface area contributed by atoms with Crippen molar-refractivity contribution in [3.05, 3.63) is 0 Å². The van der Waals surface area contributed by atoms with Crippen LogP contribution in [0.2, 0.25) is 0 Å². The van der Waals surface area contributed by atoms with E-state index in [0.717, 1.165) is 32.5 Å². The van der Waals surface area contributed by atoms with E-state index in [1.165, 1.54) is 141 Å². The van der Waals surface area contributed by atoms with Crippen molar-refractivity contribution in [3.63, 3.8) is 0 Å². The van der Waals surface area contributed by atoms with Crippen molar-refractivity contribution < 1.29 is 14.6 Å². The largest absolute Gasteiger partial charge is 0.391 e. The molecule has 0 aliphatic carbocycles. The predicted octanol–water partition coefficient (Wildman–Crippen LogP) is 9.54. The molecule has 2 unspecified atom stereocenters. The van der Waals surface area contributed by atoms with Gasteiger partial charge in [-0.05, 0) is 38.5 Å². The summed E-state index contributed by atoms with van der Waals surface area (Å²) in [5.74, 6) is 0. The number of unbranched alkanes of at least 4 members (excludes halogenated alkanes) is 15. The van der Waals surface area contributed by atoms with E-state index in [9.17, 15) is 5.11 Å². The Balaban J connectivity index is 1.89. The lowest BCUT2D eigenvalue weighted by atomic mass is 10.0. The van der Waals surface area contributed by atoms with Crippen molar-refractivity contribution in [1.29, 1.82) is 0 Å². The summed E-state index contributed by atoms with van der Waals surface area (Å²) in [7, 11) is 0. The summed E-state index contributed by atoms with van der Waals surface area (Å²) in [6.07, 6.45) is 33.3. The maximum absolute atomic E-state index is 9.89. The highest BCUT2D eigenvalue weighted by Crippen LogP contribution is 2.18. The Morgan fingerprint density at radius 2 is 1.06 bits per heavy atom. The lowest BCUT2D eigenvalue weighted by molar-refractivity contribution is 0.0194. The molecule has 34 heavy (non-hydrogen) atoms. The molecule has 1 rings (SSSR count). The molecule has 1 heterocycles. The Labute approximate surface area is 214 Å². The molecule has 1 aliphatic rings. The van der Waals surface area contributed by atoms with Crippen molar-refractivity contribution in [3.8, 4) is 0 Å². The Bertz CT molecular complexity index is 371. The van der Waals surface area contributed by atoms with Crippen LogP contribution >= 0.6 is 0 Å². The normalized spacial score (nSPS) is 21.4. The van der Waals surface area contributed by atoms with Gasteiger partial charge in [0.15, 0.2) is 0 Å². The minimum absolute atomic E-state index is 0.265. The predicted molar refractivity (Wildman–Crippen MR) is 148 cm³/mol. The number of hydrogen-bond donors (Lipinski definition) is 1. The van der Waals surface area contributed by atoms with Crippen molar-refractivity contribution in [2.75, 3.05) is 19.8 Å². The second-order valence-electron chi connectivity index (χ2n) is 11.0. The maximum Gasteiger partial charge on any atom is 0.0773 e. The van der Waals surface area contributed by atoms with Crippen LogP contribution < -0.4 is 0 Å². The van der Waals surface area contributed by atoms with Gasteiger partial charge in [0, 0.05) is 13.2 Å². The molecule has 3 nitrogen and oxygen atoms in total. The first-order valence-corrected chi connectivity index (χ1v) is 15.7. The van der Waals surface area contributed by atoms with E-state index in [-0.39, 0.29) is 6.10 Å². The molecule has 0 aromatic rings. The molecule has 1 aliphatic heterocycles. The maximum atomic E-state index is 9.89. The molecule has 3 heteroatoms.